The Labute approximate surface area is 120 Å². The molecule has 1 aliphatic heterocycles. The number of likely N-dealkylation sites (N-methyl/N-ethyl adjacent to an activating group) is 1. The Kier molecular flexibility index (Phi) is 3.77. The van der Waals surface area contributed by atoms with Gasteiger partial charge in [0.15, 0.2) is 0 Å². The average Bonchev–Trinajstić information content (AvgIpc) is 2.45. The van der Waals surface area contributed by atoms with Crippen LogP contribution in [0.2, 0.25) is 0 Å². The number of nitriles is 1. The molecule has 0 aromatic heterocycles. The zero-order valence-electron chi connectivity index (χ0n) is 12.6. The number of nitrogens with zero attached hydrogens (tertiary/aromatic N) is 3. The van der Waals surface area contributed by atoms with Crippen molar-refractivity contribution in [1.82, 2.24) is 9.80 Å². The molecule has 110 valence electrons. The number of carbonyl (C=O) groups is 2. The van der Waals surface area contributed by atoms with Crippen LogP contribution in [0.15, 0.2) is 0 Å². The number of hydrogen-bond donors (Lipinski definition) is 0. The van der Waals surface area contributed by atoms with Gasteiger partial charge in [0, 0.05) is 20.1 Å². The molecule has 2 fully saturated rings. The number of piperazine rings is 1. The summed E-state index contributed by atoms with van der Waals surface area (Å²) in [6.45, 7) is 4.60. The van der Waals surface area contributed by atoms with Crippen LogP contribution in [-0.4, -0.2) is 47.3 Å². The molecule has 0 atom stereocenters. The van der Waals surface area contributed by atoms with Gasteiger partial charge in [-0.05, 0) is 26.7 Å². The Balaban J connectivity index is 2.28. The third-order valence-corrected chi connectivity index (χ3v) is 4.78. The first-order chi connectivity index (χ1) is 9.35. The topological polar surface area (TPSA) is 64.4 Å². The van der Waals surface area contributed by atoms with Gasteiger partial charge in [0.25, 0.3) is 0 Å². The minimum absolute atomic E-state index is 0.0546. The summed E-state index contributed by atoms with van der Waals surface area (Å²) >= 11 is 0. The molecule has 0 spiro atoms. The van der Waals surface area contributed by atoms with Gasteiger partial charge in [0.05, 0.1) is 6.07 Å². The minimum atomic E-state index is -0.911. The van der Waals surface area contributed by atoms with E-state index in [1.54, 1.807) is 30.7 Å². The highest BCUT2D eigenvalue weighted by atomic mass is 16.2. The summed E-state index contributed by atoms with van der Waals surface area (Å²) in [5.74, 6) is -0.202. The predicted octanol–water partition coefficient (Wildman–Crippen LogP) is 1.54. The lowest BCUT2D eigenvalue weighted by molar-refractivity contribution is -0.162. The third-order valence-electron chi connectivity index (χ3n) is 4.78. The molecular weight excluding hydrogens is 254 g/mol. The van der Waals surface area contributed by atoms with Crippen molar-refractivity contribution in [3.63, 3.8) is 0 Å². The number of carbonyl (C=O) groups excluding carboxylic acids is 2. The molecule has 0 aromatic carbocycles. The fraction of sp³-hybridized carbons (Fsp3) is 0.800. The van der Waals surface area contributed by atoms with Gasteiger partial charge < -0.3 is 9.80 Å². The maximum Gasteiger partial charge on any atom is 0.247 e. The first-order valence-corrected chi connectivity index (χ1v) is 7.34. The Bertz CT molecular complexity index is 458. The molecule has 1 saturated heterocycles. The highest BCUT2D eigenvalue weighted by Crippen LogP contribution is 2.39. The zero-order chi connectivity index (χ0) is 15.0. The van der Waals surface area contributed by atoms with E-state index in [0.29, 0.717) is 25.9 Å². The van der Waals surface area contributed by atoms with Crippen molar-refractivity contribution in [3.8, 4) is 6.07 Å². The average molecular weight is 277 g/mol. The van der Waals surface area contributed by atoms with Crippen LogP contribution in [0.3, 0.4) is 0 Å². The summed E-state index contributed by atoms with van der Waals surface area (Å²) < 4.78 is 0. The van der Waals surface area contributed by atoms with Crippen LogP contribution in [0.25, 0.3) is 0 Å². The summed E-state index contributed by atoms with van der Waals surface area (Å²) in [6.07, 6.45) is 4.17. The van der Waals surface area contributed by atoms with Crippen molar-refractivity contribution in [3.05, 3.63) is 0 Å². The summed E-state index contributed by atoms with van der Waals surface area (Å²) in [5.41, 5.74) is -1.77. The first-order valence-electron chi connectivity index (χ1n) is 7.34. The Hall–Kier alpha value is -1.57. The summed E-state index contributed by atoms with van der Waals surface area (Å²) in [5, 5.41) is 9.54. The second kappa shape index (κ2) is 5.08. The second-order valence-electron chi connectivity index (χ2n) is 6.50. The summed E-state index contributed by atoms with van der Waals surface area (Å²) in [7, 11) is 1.76. The second-order valence-corrected chi connectivity index (χ2v) is 6.50. The molecule has 0 unspecified atom stereocenters. The Morgan fingerprint density at radius 3 is 2.35 bits per heavy atom. The lowest BCUT2D eigenvalue weighted by atomic mass is 9.73. The maximum atomic E-state index is 12.9. The normalized spacial score (nSPS) is 25.2. The van der Waals surface area contributed by atoms with E-state index in [1.807, 2.05) is 0 Å². The molecule has 0 radical (unpaired) electrons. The molecule has 1 saturated carbocycles. The number of rotatable bonds is 1. The molecule has 2 amide bonds. The molecule has 5 nitrogen and oxygen atoms in total. The van der Waals surface area contributed by atoms with Crippen LogP contribution >= 0.6 is 0 Å². The largest absolute Gasteiger partial charge is 0.342 e. The fourth-order valence-corrected chi connectivity index (χ4v) is 3.36. The monoisotopic (exact) mass is 277 g/mol. The van der Waals surface area contributed by atoms with Crippen molar-refractivity contribution < 1.29 is 9.59 Å². The van der Waals surface area contributed by atoms with Gasteiger partial charge in [-0.25, -0.2) is 0 Å². The Morgan fingerprint density at radius 1 is 1.20 bits per heavy atom. The van der Waals surface area contributed by atoms with Gasteiger partial charge in [-0.1, -0.05) is 19.3 Å². The van der Waals surface area contributed by atoms with Gasteiger partial charge >= 0.3 is 0 Å². The first kappa shape index (κ1) is 14.8. The van der Waals surface area contributed by atoms with Gasteiger partial charge in [-0.15, -0.1) is 0 Å². The van der Waals surface area contributed by atoms with E-state index in [0.717, 1.165) is 19.3 Å². The van der Waals surface area contributed by atoms with E-state index in [-0.39, 0.29) is 11.8 Å². The predicted molar refractivity (Wildman–Crippen MR) is 74.6 cm³/mol. The minimum Gasteiger partial charge on any atom is -0.342 e. The molecule has 2 rings (SSSR count). The molecule has 2 aliphatic rings. The molecule has 20 heavy (non-hydrogen) atoms. The lowest BCUT2D eigenvalue weighted by Crippen LogP contribution is -2.65. The molecule has 5 heteroatoms. The van der Waals surface area contributed by atoms with Gasteiger partial charge in [0.2, 0.25) is 11.8 Å². The van der Waals surface area contributed by atoms with E-state index in [4.69, 9.17) is 0 Å². The van der Waals surface area contributed by atoms with E-state index >= 15 is 0 Å². The van der Waals surface area contributed by atoms with Crippen LogP contribution in [0.1, 0.15) is 46.0 Å². The summed E-state index contributed by atoms with van der Waals surface area (Å²) in [6, 6.07) is 2.26. The van der Waals surface area contributed by atoms with Gasteiger partial charge in [-0.3, -0.25) is 9.59 Å². The van der Waals surface area contributed by atoms with Crippen molar-refractivity contribution >= 4 is 11.8 Å². The SMILES string of the molecule is CN1CCN(C(=O)C2(C#N)CCCCC2)C(C)(C)C1=O. The van der Waals surface area contributed by atoms with Gasteiger partial charge in [0.1, 0.15) is 11.0 Å². The highest BCUT2D eigenvalue weighted by Gasteiger charge is 2.50. The third kappa shape index (κ3) is 2.17. The lowest BCUT2D eigenvalue weighted by Gasteiger charge is -2.47. The molecule has 0 aromatic rings. The number of amides is 2. The van der Waals surface area contributed by atoms with Crippen LogP contribution in [-0.2, 0) is 9.59 Å². The zero-order valence-corrected chi connectivity index (χ0v) is 12.6. The summed E-state index contributed by atoms with van der Waals surface area (Å²) in [4.78, 5) is 28.5. The van der Waals surface area contributed by atoms with Crippen molar-refractivity contribution in [1.29, 1.82) is 5.26 Å². The fourth-order valence-electron chi connectivity index (χ4n) is 3.36. The molecule has 0 bridgehead atoms. The smallest absolute Gasteiger partial charge is 0.247 e. The van der Waals surface area contributed by atoms with E-state index < -0.39 is 11.0 Å². The van der Waals surface area contributed by atoms with Crippen molar-refractivity contribution in [2.24, 2.45) is 5.41 Å². The standard InChI is InChI=1S/C15H23N3O2/c1-14(2)12(19)17(3)9-10-18(14)13(20)15(11-16)7-5-4-6-8-15/h4-10H2,1-3H3. The molecular formula is C15H23N3O2. The maximum absolute atomic E-state index is 12.9. The quantitative estimate of drug-likeness (QED) is 0.730. The highest BCUT2D eigenvalue weighted by molar-refractivity contribution is 5.94. The molecule has 1 heterocycles. The molecule has 0 N–H and O–H groups in total. The van der Waals surface area contributed by atoms with Crippen LogP contribution in [0.4, 0.5) is 0 Å². The van der Waals surface area contributed by atoms with E-state index in [1.165, 1.54) is 0 Å². The number of hydrogen-bond acceptors (Lipinski definition) is 3. The van der Waals surface area contributed by atoms with Gasteiger partial charge in [-0.2, -0.15) is 5.26 Å². The van der Waals surface area contributed by atoms with Crippen molar-refractivity contribution in [2.45, 2.75) is 51.5 Å². The van der Waals surface area contributed by atoms with Crippen molar-refractivity contribution in [2.75, 3.05) is 20.1 Å². The van der Waals surface area contributed by atoms with Crippen LogP contribution < -0.4 is 0 Å². The van der Waals surface area contributed by atoms with Crippen LogP contribution in [0, 0.1) is 16.7 Å². The van der Waals surface area contributed by atoms with E-state index in [2.05, 4.69) is 6.07 Å². The molecule has 1 aliphatic carbocycles. The van der Waals surface area contributed by atoms with E-state index in [9.17, 15) is 14.9 Å². The van der Waals surface area contributed by atoms with Crippen LogP contribution in [0.5, 0.6) is 0 Å². The Morgan fingerprint density at radius 2 is 1.80 bits per heavy atom.